The minimum atomic E-state index is -0.883. The van der Waals surface area contributed by atoms with Gasteiger partial charge >= 0.3 is 12.1 Å². The Hall–Kier alpha value is -2.97. The maximum absolute atomic E-state index is 13.4. The normalized spacial score (nSPS) is 16.4. The number of fused-ring (bicyclic) bond motifs is 1. The number of alkyl carbamates (subject to hydrolysis) is 1. The fourth-order valence-electron chi connectivity index (χ4n) is 3.41. The van der Waals surface area contributed by atoms with E-state index in [2.05, 4.69) is 5.32 Å². The summed E-state index contributed by atoms with van der Waals surface area (Å²) in [6.45, 7) is 6.97. The maximum atomic E-state index is 13.4. The van der Waals surface area contributed by atoms with Crippen LogP contribution >= 0.6 is 0 Å². The lowest BCUT2D eigenvalue weighted by atomic mass is 10.1. The van der Waals surface area contributed by atoms with Crippen LogP contribution in [0.25, 0.3) is 0 Å². The van der Waals surface area contributed by atoms with Crippen molar-refractivity contribution in [3.63, 3.8) is 0 Å². The van der Waals surface area contributed by atoms with Crippen LogP contribution in [0.4, 0.5) is 10.5 Å². The molecule has 0 aliphatic carbocycles. The molecule has 2 atom stereocenters. The predicted octanol–water partition coefficient (Wildman–Crippen LogP) is 2.44. The van der Waals surface area contributed by atoms with Crippen molar-refractivity contribution >= 4 is 23.7 Å². The summed E-state index contributed by atoms with van der Waals surface area (Å²) < 4.78 is 21.0. The summed E-state index contributed by atoms with van der Waals surface area (Å²) in [5.74, 6) is -0.0575. The summed E-state index contributed by atoms with van der Waals surface area (Å²) in [5.41, 5.74) is 0.467. The summed E-state index contributed by atoms with van der Waals surface area (Å²) in [5, 5.41) is 2.60. The molecule has 1 aliphatic rings. The standard InChI is InChI=1S/C21H30N2O7/c1-8-13(22-20(26)30-21(2,3)4)18(24)23-14-9-10-16(27-5)17(28-6)12(14)11-15(23)19(25)29-7/h9-10,13,15H,8,11H2,1-7H3,(H,22,26)/t13-,15+/m0/s1. The highest BCUT2D eigenvalue weighted by molar-refractivity contribution is 6.06. The van der Waals surface area contributed by atoms with Gasteiger partial charge in [0.25, 0.3) is 5.91 Å². The smallest absolute Gasteiger partial charge is 0.408 e. The second kappa shape index (κ2) is 9.23. The summed E-state index contributed by atoms with van der Waals surface area (Å²) in [6, 6.07) is 1.59. The molecule has 0 radical (unpaired) electrons. The van der Waals surface area contributed by atoms with Crippen LogP contribution in [0.1, 0.15) is 39.7 Å². The molecule has 1 N–H and O–H groups in total. The van der Waals surface area contributed by atoms with Crippen molar-refractivity contribution in [2.75, 3.05) is 26.2 Å². The number of carbonyl (C=O) groups excluding carboxylic acids is 3. The van der Waals surface area contributed by atoms with Crippen molar-refractivity contribution in [3.8, 4) is 11.5 Å². The number of carbonyl (C=O) groups is 3. The summed E-state index contributed by atoms with van der Waals surface area (Å²) in [4.78, 5) is 39.4. The van der Waals surface area contributed by atoms with Crippen molar-refractivity contribution in [1.82, 2.24) is 5.32 Å². The van der Waals surface area contributed by atoms with Gasteiger partial charge in [-0.3, -0.25) is 9.69 Å². The van der Waals surface area contributed by atoms with E-state index < -0.39 is 35.7 Å². The number of ether oxygens (including phenoxy) is 4. The first kappa shape index (κ1) is 23.3. The largest absolute Gasteiger partial charge is 0.493 e. The van der Waals surface area contributed by atoms with Gasteiger partial charge in [-0.1, -0.05) is 6.92 Å². The Labute approximate surface area is 176 Å². The van der Waals surface area contributed by atoms with Crippen LogP contribution < -0.4 is 19.7 Å². The third-order valence-electron chi connectivity index (χ3n) is 4.70. The molecule has 1 heterocycles. The number of benzene rings is 1. The van der Waals surface area contributed by atoms with Crippen molar-refractivity contribution in [3.05, 3.63) is 17.7 Å². The molecule has 0 aromatic heterocycles. The van der Waals surface area contributed by atoms with Gasteiger partial charge in [-0.15, -0.1) is 0 Å². The van der Waals surface area contributed by atoms with Gasteiger partial charge in [0.05, 0.1) is 27.0 Å². The number of nitrogens with one attached hydrogen (secondary N) is 1. The Balaban J connectivity index is 2.42. The number of hydrogen-bond donors (Lipinski definition) is 1. The third-order valence-corrected chi connectivity index (χ3v) is 4.70. The van der Waals surface area contributed by atoms with Gasteiger partial charge < -0.3 is 24.3 Å². The van der Waals surface area contributed by atoms with Gasteiger partial charge in [0.2, 0.25) is 0 Å². The Morgan fingerprint density at radius 3 is 2.33 bits per heavy atom. The molecule has 0 saturated carbocycles. The lowest BCUT2D eigenvalue weighted by Gasteiger charge is -2.29. The van der Waals surface area contributed by atoms with E-state index in [4.69, 9.17) is 18.9 Å². The van der Waals surface area contributed by atoms with Crippen LogP contribution in [-0.4, -0.2) is 57.0 Å². The highest BCUT2D eigenvalue weighted by atomic mass is 16.6. The van der Waals surface area contributed by atoms with Crippen LogP contribution in [0.2, 0.25) is 0 Å². The molecular weight excluding hydrogens is 392 g/mol. The second-order valence-electron chi connectivity index (χ2n) is 7.86. The lowest BCUT2D eigenvalue weighted by molar-refractivity contribution is -0.143. The minimum absolute atomic E-state index is 0.205. The molecule has 166 valence electrons. The second-order valence-corrected chi connectivity index (χ2v) is 7.86. The molecule has 0 unspecified atom stereocenters. The van der Waals surface area contributed by atoms with Gasteiger partial charge in [-0.2, -0.15) is 0 Å². The molecule has 1 aromatic carbocycles. The monoisotopic (exact) mass is 422 g/mol. The number of rotatable bonds is 6. The Kier molecular flexibility index (Phi) is 7.17. The zero-order chi connectivity index (χ0) is 22.6. The molecule has 1 aromatic rings. The van der Waals surface area contributed by atoms with Crippen molar-refractivity contribution < 1.29 is 33.3 Å². The van der Waals surface area contributed by atoms with Gasteiger partial charge in [0, 0.05) is 12.0 Å². The fourth-order valence-corrected chi connectivity index (χ4v) is 3.41. The number of methoxy groups -OCH3 is 3. The first-order chi connectivity index (χ1) is 14.1. The van der Waals surface area contributed by atoms with E-state index in [0.717, 1.165) is 0 Å². The van der Waals surface area contributed by atoms with Crippen molar-refractivity contribution in [2.24, 2.45) is 0 Å². The summed E-state index contributed by atoms with van der Waals surface area (Å²) in [7, 11) is 4.27. The van der Waals surface area contributed by atoms with E-state index in [1.807, 2.05) is 0 Å². The summed E-state index contributed by atoms with van der Waals surface area (Å²) in [6.07, 6.45) is -0.189. The van der Waals surface area contributed by atoms with E-state index in [1.54, 1.807) is 39.8 Å². The van der Waals surface area contributed by atoms with E-state index in [0.29, 0.717) is 29.2 Å². The fraction of sp³-hybridized carbons (Fsp3) is 0.571. The molecule has 0 saturated heterocycles. The van der Waals surface area contributed by atoms with Crippen LogP contribution in [-0.2, 0) is 25.5 Å². The van der Waals surface area contributed by atoms with E-state index in [1.165, 1.54) is 26.2 Å². The van der Waals surface area contributed by atoms with Crippen LogP contribution in [0, 0.1) is 0 Å². The Morgan fingerprint density at radius 1 is 1.17 bits per heavy atom. The quantitative estimate of drug-likeness (QED) is 0.702. The Morgan fingerprint density at radius 2 is 1.83 bits per heavy atom. The average molecular weight is 422 g/mol. The molecule has 2 rings (SSSR count). The zero-order valence-electron chi connectivity index (χ0n) is 18.5. The first-order valence-corrected chi connectivity index (χ1v) is 9.72. The number of anilines is 1. The summed E-state index contributed by atoms with van der Waals surface area (Å²) >= 11 is 0. The first-order valence-electron chi connectivity index (χ1n) is 9.72. The van der Waals surface area contributed by atoms with Crippen molar-refractivity contribution in [2.45, 2.75) is 58.2 Å². The highest BCUT2D eigenvalue weighted by Crippen LogP contribution is 2.44. The van der Waals surface area contributed by atoms with Crippen molar-refractivity contribution in [1.29, 1.82) is 0 Å². The number of esters is 1. The van der Waals surface area contributed by atoms with Crippen LogP contribution in [0.5, 0.6) is 11.5 Å². The zero-order valence-corrected chi connectivity index (χ0v) is 18.5. The van der Waals surface area contributed by atoms with Crippen LogP contribution in [0.15, 0.2) is 12.1 Å². The van der Waals surface area contributed by atoms with Gasteiger partial charge in [-0.25, -0.2) is 9.59 Å². The minimum Gasteiger partial charge on any atom is -0.493 e. The van der Waals surface area contributed by atoms with Crippen LogP contribution in [0.3, 0.4) is 0 Å². The lowest BCUT2D eigenvalue weighted by Crippen LogP contribution is -2.53. The van der Waals surface area contributed by atoms with E-state index in [-0.39, 0.29) is 6.42 Å². The number of amides is 2. The molecule has 9 heteroatoms. The topological polar surface area (TPSA) is 103 Å². The number of hydrogen-bond acceptors (Lipinski definition) is 7. The molecule has 1 aliphatic heterocycles. The average Bonchev–Trinajstić information content (AvgIpc) is 3.08. The van der Waals surface area contributed by atoms with Gasteiger partial charge in [0.1, 0.15) is 17.7 Å². The molecule has 2 amide bonds. The predicted molar refractivity (Wildman–Crippen MR) is 110 cm³/mol. The highest BCUT2D eigenvalue weighted by Gasteiger charge is 2.43. The maximum Gasteiger partial charge on any atom is 0.408 e. The third kappa shape index (κ3) is 4.77. The van der Waals surface area contributed by atoms with Gasteiger partial charge in [-0.05, 0) is 39.3 Å². The molecule has 9 nitrogen and oxygen atoms in total. The molecule has 30 heavy (non-hydrogen) atoms. The van der Waals surface area contributed by atoms with E-state index in [9.17, 15) is 14.4 Å². The molecule has 0 spiro atoms. The molecule has 0 fully saturated rings. The SMILES string of the molecule is CC[C@H](NC(=O)OC(C)(C)C)C(=O)N1c2ccc(OC)c(OC)c2C[C@@H]1C(=O)OC. The number of nitrogens with zero attached hydrogens (tertiary/aromatic N) is 1. The van der Waals surface area contributed by atoms with Gasteiger partial charge in [0.15, 0.2) is 11.5 Å². The Bertz CT molecular complexity index is 816. The van der Waals surface area contributed by atoms with E-state index >= 15 is 0 Å². The molecule has 0 bridgehead atoms. The molecular formula is C21H30N2O7.